The van der Waals surface area contributed by atoms with E-state index in [1.807, 2.05) is 26.0 Å². The first kappa shape index (κ1) is 15.0. The van der Waals surface area contributed by atoms with E-state index in [2.05, 4.69) is 4.98 Å². The van der Waals surface area contributed by atoms with Gasteiger partial charge in [0.1, 0.15) is 5.75 Å². The first-order chi connectivity index (χ1) is 9.14. The first-order valence-electron chi connectivity index (χ1n) is 6.06. The minimum absolute atomic E-state index is 0.203. The van der Waals surface area contributed by atoms with Crippen molar-refractivity contribution in [2.45, 2.75) is 20.8 Å². The number of carbonyl (C=O) groups is 1. The molecule has 0 amide bonds. The SMILES string of the molecule is C/C=c1/nc(OC)c(C(=O)OCC)c(OC)/c1=C/C. The second-order valence-corrected chi connectivity index (χ2v) is 3.63. The zero-order valence-corrected chi connectivity index (χ0v) is 11.9. The molecule has 104 valence electrons. The number of aromatic nitrogens is 1. The van der Waals surface area contributed by atoms with Crippen LogP contribution in [0.15, 0.2) is 0 Å². The van der Waals surface area contributed by atoms with Crippen molar-refractivity contribution < 1.29 is 19.0 Å². The van der Waals surface area contributed by atoms with E-state index in [0.29, 0.717) is 11.1 Å². The molecule has 0 fully saturated rings. The van der Waals surface area contributed by atoms with E-state index in [-0.39, 0.29) is 18.1 Å². The van der Waals surface area contributed by atoms with E-state index in [9.17, 15) is 4.79 Å². The molecule has 0 bridgehead atoms. The molecule has 5 heteroatoms. The van der Waals surface area contributed by atoms with Crippen molar-refractivity contribution in [3.05, 3.63) is 16.1 Å². The van der Waals surface area contributed by atoms with Crippen molar-refractivity contribution in [2.75, 3.05) is 20.8 Å². The van der Waals surface area contributed by atoms with E-state index >= 15 is 0 Å². The summed E-state index contributed by atoms with van der Waals surface area (Å²) in [5, 5.41) is 1.44. The molecule has 0 N–H and O–H groups in total. The maximum atomic E-state index is 12.0. The molecule has 1 rings (SSSR count). The Morgan fingerprint density at radius 1 is 1.21 bits per heavy atom. The average Bonchev–Trinajstić information content (AvgIpc) is 2.44. The smallest absolute Gasteiger partial charge is 0.347 e. The van der Waals surface area contributed by atoms with Gasteiger partial charge in [0.15, 0.2) is 5.56 Å². The Balaban J connectivity index is 3.74. The molecule has 1 aromatic rings. The van der Waals surface area contributed by atoms with Crippen molar-refractivity contribution in [3.63, 3.8) is 0 Å². The molecule has 0 aliphatic carbocycles. The Morgan fingerprint density at radius 2 is 1.89 bits per heavy atom. The molecule has 19 heavy (non-hydrogen) atoms. The second kappa shape index (κ2) is 6.78. The van der Waals surface area contributed by atoms with Crippen LogP contribution in [0.2, 0.25) is 0 Å². The van der Waals surface area contributed by atoms with Gasteiger partial charge in [-0.1, -0.05) is 12.2 Å². The maximum Gasteiger partial charge on any atom is 0.347 e. The molecule has 0 aliphatic heterocycles. The molecule has 0 radical (unpaired) electrons. The third-order valence-corrected chi connectivity index (χ3v) is 2.62. The summed E-state index contributed by atoms with van der Waals surface area (Å²) in [6, 6.07) is 0. The molecule has 0 spiro atoms. The Labute approximate surface area is 112 Å². The fourth-order valence-corrected chi connectivity index (χ4v) is 1.82. The van der Waals surface area contributed by atoms with Crippen LogP contribution in [0, 0.1) is 0 Å². The van der Waals surface area contributed by atoms with Crippen LogP contribution in [0.25, 0.3) is 12.2 Å². The van der Waals surface area contributed by atoms with Crippen LogP contribution in [0.4, 0.5) is 0 Å². The predicted molar refractivity (Wildman–Crippen MR) is 72.8 cm³/mol. The van der Waals surface area contributed by atoms with Gasteiger partial charge < -0.3 is 14.2 Å². The van der Waals surface area contributed by atoms with E-state index < -0.39 is 5.97 Å². The maximum absolute atomic E-state index is 12.0. The van der Waals surface area contributed by atoms with Crippen LogP contribution in [0.3, 0.4) is 0 Å². The minimum atomic E-state index is -0.505. The van der Waals surface area contributed by atoms with E-state index in [1.54, 1.807) is 6.92 Å². The minimum Gasteiger partial charge on any atom is -0.495 e. The zero-order valence-electron chi connectivity index (χ0n) is 11.9. The van der Waals surface area contributed by atoms with Crippen molar-refractivity contribution in [1.29, 1.82) is 0 Å². The molecule has 0 saturated heterocycles. The summed E-state index contributed by atoms with van der Waals surface area (Å²) in [5.74, 6) is 0.115. The largest absolute Gasteiger partial charge is 0.495 e. The van der Waals surface area contributed by atoms with Gasteiger partial charge >= 0.3 is 5.97 Å². The zero-order chi connectivity index (χ0) is 14.4. The van der Waals surface area contributed by atoms with E-state index in [1.165, 1.54) is 14.2 Å². The van der Waals surface area contributed by atoms with Crippen molar-refractivity contribution in [1.82, 2.24) is 4.98 Å². The van der Waals surface area contributed by atoms with Crippen LogP contribution in [0.5, 0.6) is 11.6 Å². The third-order valence-electron chi connectivity index (χ3n) is 2.62. The molecule has 5 nitrogen and oxygen atoms in total. The molecule has 0 atom stereocenters. The van der Waals surface area contributed by atoms with E-state index in [4.69, 9.17) is 14.2 Å². The molecule has 0 aromatic carbocycles. The quantitative estimate of drug-likeness (QED) is 0.756. The number of esters is 1. The highest BCUT2D eigenvalue weighted by atomic mass is 16.5. The van der Waals surface area contributed by atoms with E-state index in [0.717, 1.165) is 5.22 Å². The van der Waals surface area contributed by atoms with Crippen molar-refractivity contribution in [2.24, 2.45) is 0 Å². The molecule has 0 saturated carbocycles. The topological polar surface area (TPSA) is 57.7 Å². The Kier molecular flexibility index (Phi) is 5.36. The summed E-state index contributed by atoms with van der Waals surface area (Å²) < 4.78 is 15.5. The Hall–Kier alpha value is -2.04. The highest BCUT2D eigenvalue weighted by molar-refractivity contribution is 5.95. The summed E-state index contributed by atoms with van der Waals surface area (Å²) in [6.07, 6.45) is 3.67. The fourth-order valence-electron chi connectivity index (χ4n) is 1.82. The molecule has 1 aromatic heterocycles. The lowest BCUT2D eigenvalue weighted by atomic mass is 10.2. The standard InChI is InChI=1S/C14H19NO4/c1-6-9-10(7-2)15-13(18-5)11(12(9)17-4)14(16)19-8-3/h6-7H,8H2,1-5H3/b9-6+,10-7+. The molecule has 1 heterocycles. The third kappa shape index (κ3) is 2.86. The average molecular weight is 265 g/mol. The summed E-state index contributed by atoms with van der Waals surface area (Å²) >= 11 is 0. The van der Waals surface area contributed by atoms with Gasteiger partial charge in [0.05, 0.1) is 26.2 Å². The Morgan fingerprint density at radius 3 is 2.32 bits per heavy atom. The molecular weight excluding hydrogens is 246 g/mol. The summed E-state index contributed by atoms with van der Waals surface area (Å²) in [5.41, 5.74) is 0.213. The number of ether oxygens (including phenoxy) is 3. The number of carbonyl (C=O) groups excluding carboxylic acids is 1. The fraction of sp³-hybridized carbons (Fsp3) is 0.429. The van der Waals surface area contributed by atoms with Gasteiger partial charge in [0, 0.05) is 5.22 Å². The van der Waals surface area contributed by atoms with Gasteiger partial charge in [-0.3, -0.25) is 0 Å². The monoisotopic (exact) mass is 265 g/mol. The molecule has 0 aliphatic rings. The van der Waals surface area contributed by atoms with Crippen LogP contribution < -0.4 is 20.0 Å². The van der Waals surface area contributed by atoms with Gasteiger partial charge in [-0.15, -0.1) is 0 Å². The van der Waals surface area contributed by atoms with Gasteiger partial charge in [-0.05, 0) is 20.8 Å². The Bertz CT molecular complexity index is 578. The predicted octanol–water partition coefficient (Wildman–Crippen LogP) is 0.876. The summed E-state index contributed by atoms with van der Waals surface area (Å²) in [6.45, 7) is 5.73. The van der Waals surface area contributed by atoms with Gasteiger partial charge in [0.25, 0.3) is 0 Å². The number of hydrogen-bond donors (Lipinski definition) is 0. The number of rotatable bonds is 4. The number of hydrogen-bond acceptors (Lipinski definition) is 5. The molecular formula is C14H19NO4. The highest BCUT2D eigenvalue weighted by Crippen LogP contribution is 2.22. The lowest BCUT2D eigenvalue weighted by Crippen LogP contribution is -2.32. The second-order valence-electron chi connectivity index (χ2n) is 3.63. The summed E-state index contributed by atoms with van der Waals surface area (Å²) in [4.78, 5) is 16.3. The van der Waals surface area contributed by atoms with Crippen LogP contribution in [-0.2, 0) is 4.74 Å². The van der Waals surface area contributed by atoms with Crippen molar-refractivity contribution >= 4 is 18.1 Å². The van der Waals surface area contributed by atoms with Crippen molar-refractivity contribution in [3.8, 4) is 11.6 Å². The van der Waals surface area contributed by atoms with Crippen LogP contribution in [-0.4, -0.2) is 31.8 Å². The lowest BCUT2D eigenvalue weighted by molar-refractivity contribution is 0.0517. The normalized spacial score (nSPS) is 12.5. The van der Waals surface area contributed by atoms with Gasteiger partial charge in [-0.25, -0.2) is 9.78 Å². The number of nitrogens with zero attached hydrogens (tertiary/aromatic N) is 1. The summed E-state index contributed by atoms with van der Waals surface area (Å²) in [7, 11) is 2.96. The van der Waals surface area contributed by atoms with Gasteiger partial charge in [-0.2, -0.15) is 0 Å². The number of methoxy groups -OCH3 is 2. The van der Waals surface area contributed by atoms with Gasteiger partial charge in [0.2, 0.25) is 5.88 Å². The molecule has 0 unspecified atom stereocenters. The highest BCUT2D eigenvalue weighted by Gasteiger charge is 2.22. The lowest BCUT2D eigenvalue weighted by Gasteiger charge is -2.12. The first-order valence-corrected chi connectivity index (χ1v) is 6.06. The van der Waals surface area contributed by atoms with Crippen LogP contribution >= 0.6 is 0 Å². The van der Waals surface area contributed by atoms with Crippen LogP contribution in [0.1, 0.15) is 31.1 Å². The number of pyridine rings is 1.